The van der Waals surface area contributed by atoms with Gasteiger partial charge in [-0.25, -0.2) is 0 Å². The average Bonchev–Trinajstić information content (AvgIpc) is 2.59. The maximum absolute atomic E-state index is 12.4. The highest BCUT2D eigenvalue weighted by Gasteiger charge is 2.28. The number of anilines is 1. The molecule has 0 spiro atoms. The number of amidine groups is 1. The number of Topliss-reactive ketones (excluding diaryl/α,β-unsaturated/α-hetero) is 1. The molecule has 3 rings (SSSR count). The van der Waals surface area contributed by atoms with Crippen LogP contribution in [-0.4, -0.2) is 25.1 Å². The Bertz CT molecular complexity index is 1010. The third-order valence-electron chi connectivity index (χ3n) is 3.83. The number of ketones is 1. The number of nitrogens with one attached hydrogen (secondary N) is 1. The number of halogens is 2. The van der Waals surface area contributed by atoms with Gasteiger partial charge in [0.2, 0.25) is 0 Å². The van der Waals surface area contributed by atoms with Gasteiger partial charge >= 0.3 is 0 Å². The molecule has 0 bridgehead atoms. The predicted molar refractivity (Wildman–Crippen MR) is 108 cm³/mol. The lowest BCUT2D eigenvalue weighted by Gasteiger charge is -2.18. The van der Waals surface area contributed by atoms with Crippen LogP contribution in [0.2, 0.25) is 5.02 Å². The molecule has 1 atom stereocenters. The maximum Gasteiger partial charge on any atom is 0.286 e. The second-order valence-electron chi connectivity index (χ2n) is 5.71. The minimum atomic E-state index is -3.94. The van der Waals surface area contributed by atoms with Gasteiger partial charge in [0.1, 0.15) is 4.90 Å². The van der Waals surface area contributed by atoms with Crippen LogP contribution in [0.25, 0.3) is 0 Å². The average molecular weight is 505 g/mol. The molecule has 0 saturated heterocycles. The molecule has 0 radical (unpaired) electrons. The lowest BCUT2D eigenvalue weighted by molar-refractivity contribution is -0.113. The van der Waals surface area contributed by atoms with Crippen molar-refractivity contribution in [1.82, 2.24) is 0 Å². The summed E-state index contributed by atoms with van der Waals surface area (Å²) in [5.41, 5.74) is 0.913. The maximum atomic E-state index is 12.4. The number of hydrogen-bond donors (Lipinski definition) is 2. The second kappa shape index (κ2) is 7.63. The van der Waals surface area contributed by atoms with E-state index in [1.165, 1.54) is 6.07 Å². The van der Waals surface area contributed by atoms with E-state index in [1.807, 2.05) is 22.6 Å². The number of carbonyl (C=O) groups excluding carboxylic acids is 1. The summed E-state index contributed by atoms with van der Waals surface area (Å²) >= 11 is 7.89. The number of hydrogen-bond acceptors (Lipinski definition) is 5. The first-order valence-corrected chi connectivity index (χ1v) is 10.5. The molecule has 0 aromatic heterocycles. The Morgan fingerprint density at radius 3 is 2.77 bits per heavy atom. The Morgan fingerprint density at radius 1 is 1.27 bits per heavy atom. The summed E-state index contributed by atoms with van der Waals surface area (Å²) in [5.74, 6) is -0.726. The van der Waals surface area contributed by atoms with Gasteiger partial charge in [-0.15, -0.1) is 4.40 Å². The van der Waals surface area contributed by atoms with Crippen LogP contribution in [0.1, 0.15) is 24.5 Å². The fourth-order valence-electron chi connectivity index (χ4n) is 2.52. The minimum Gasteiger partial charge on any atom is -0.388 e. The topological polar surface area (TPSA) is 95.8 Å². The first-order chi connectivity index (χ1) is 12.3. The van der Waals surface area contributed by atoms with Crippen molar-refractivity contribution >= 4 is 61.5 Å². The van der Waals surface area contributed by atoms with Crippen LogP contribution < -0.4 is 5.32 Å². The summed E-state index contributed by atoms with van der Waals surface area (Å²) in [6.07, 6.45) is -0.818. The molecule has 136 valence electrons. The Labute approximate surface area is 169 Å². The molecule has 1 aliphatic rings. The van der Waals surface area contributed by atoms with E-state index >= 15 is 0 Å². The van der Waals surface area contributed by atoms with Crippen LogP contribution in [-0.2, 0) is 14.8 Å². The lowest BCUT2D eigenvalue weighted by atomic mass is 10.0. The molecule has 0 aliphatic carbocycles. The second-order valence-corrected chi connectivity index (χ2v) is 8.97. The highest BCUT2D eigenvalue weighted by molar-refractivity contribution is 14.1. The van der Waals surface area contributed by atoms with E-state index < -0.39 is 21.9 Å². The van der Waals surface area contributed by atoms with Crippen molar-refractivity contribution in [1.29, 1.82) is 0 Å². The van der Waals surface area contributed by atoms with E-state index in [0.717, 1.165) is 3.57 Å². The number of fused-ring (bicyclic) bond motifs is 1. The highest BCUT2D eigenvalue weighted by atomic mass is 127. The van der Waals surface area contributed by atoms with Crippen molar-refractivity contribution in [3.63, 3.8) is 0 Å². The molecule has 2 N–H and O–H groups in total. The molecule has 1 heterocycles. The summed E-state index contributed by atoms with van der Waals surface area (Å²) in [4.78, 5) is 12.4. The molecule has 26 heavy (non-hydrogen) atoms. The summed E-state index contributed by atoms with van der Waals surface area (Å²) in [6, 6.07) is 11.5. The van der Waals surface area contributed by atoms with Gasteiger partial charge in [-0.3, -0.25) is 4.79 Å². The van der Waals surface area contributed by atoms with Crippen LogP contribution in [0, 0.1) is 3.57 Å². The van der Waals surface area contributed by atoms with Crippen molar-refractivity contribution < 1.29 is 18.3 Å². The normalized spacial score (nSPS) is 16.2. The van der Waals surface area contributed by atoms with Crippen LogP contribution in [0.4, 0.5) is 5.69 Å². The van der Waals surface area contributed by atoms with Crippen molar-refractivity contribution in [2.24, 2.45) is 4.40 Å². The Kier molecular flexibility index (Phi) is 5.66. The molecule has 2 aromatic rings. The number of sulfonamides is 1. The molecule has 0 amide bonds. The summed E-state index contributed by atoms with van der Waals surface area (Å²) in [6.45, 7) is 0. The van der Waals surface area contributed by atoms with Crippen LogP contribution >= 0.6 is 34.2 Å². The molecule has 2 aromatic carbocycles. The molecule has 1 unspecified atom stereocenters. The third-order valence-corrected chi connectivity index (χ3v) is 6.05. The number of aliphatic hydroxyl groups is 1. The van der Waals surface area contributed by atoms with Crippen molar-refractivity contribution in [2.45, 2.75) is 23.8 Å². The van der Waals surface area contributed by atoms with Gasteiger partial charge in [0.25, 0.3) is 10.0 Å². The smallest absolute Gasteiger partial charge is 0.286 e. The molecular weight excluding hydrogens is 491 g/mol. The minimum absolute atomic E-state index is 0.0416. The Balaban J connectivity index is 1.73. The van der Waals surface area contributed by atoms with E-state index in [-0.39, 0.29) is 23.6 Å². The number of rotatable bonds is 5. The molecule has 0 fully saturated rings. The first kappa shape index (κ1) is 19.3. The van der Waals surface area contributed by atoms with Crippen molar-refractivity contribution in [3.8, 4) is 0 Å². The number of aliphatic hydroxyl groups excluding tert-OH is 1. The van der Waals surface area contributed by atoms with E-state index in [4.69, 9.17) is 11.6 Å². The van der Waals surface area contributed by atoms with Gasteiger partial charge in [0, 0.05) is 15.0 Å². The fourth-order valence-corrected chi connectivity index (χ4v) is 4.58. The van der Waals surface area contributed by atoms with Crippen LogP contribution in [0.5, 0.6) is 0 Å². The van der Waals surface area contributed by atoms with Gasteiger partial charge in [-0.2, -0.15) is 8.42 Å². The van der Waals surface area contributed by atoms with Gasteiger partial charge in [-0.05, 0) is 64.9 Å². The first-order valence-electron chi connectivity index (χ1n) is 7.64. The lowest BCUT2D eigenvalue weighted by Crippen LogP contribution is -2.29. The van der Waals surface area contributed by atoms with E-state index in [9.17, 15) is 18.3 Å². The summed E-state index contributed by atoms with van der Waals surface area (Å²) in [7, 11) is -3.94. The Morgan fingerprint density at radius 2 is 2.04 bits per heavy atom. The molecule has 9 heteroatoms. The quantitative estimate of drug-likeness (QED) is 0.607. The van der Waals surface area contributed by atoms with Crippen LogP contribution in [0.3, 0.4) is 0 Å². The van der Waals surface area contributed by atoms with E-state index in [0.29, 0.717) is 16.3 Å². The zero-order valence-corrected chi connectivity index (χ0v) is 17.0. The monoisotopic (exact) mass is 504 g/mol. The molecule has 0 saturated carbocycles. The van der Waals surface area contributed by atoms with Gasteiger partial charge in [-0.1, -0.05) is 23.7 Å². The Hall–Kier alpha value is -1.49. The third kappa shape index (κ3) is 4.25. The summed E-state index contributed by atoms with van der Waals surface area (Å²) in [5, 5.41) is 13.4. The molecule has 6 nitrogen and oxygen atoms in total. The van der Waals surface area contributed by atoms with Gasteiger partial charge in [0.15, 0.2) is 11.6 Å². The van der Waals surface area contributed by atoms with Crippen LogP contribution in [0.15, 0.2) is 51.8 Å². The predicted octanol–water partition coefficient (Wildman–Crippen LogP) is 3.54. The largest absolute Gasteiger partial charge is 0.388 e. The number of benzene rings is 2. The van der Waals surface area contributed by atoms with Gasteiger partial charge in [0.05, 0.1) is 11.8 Å². The molecular formula is C17H14ClIN2O4S. The molecule has 1 aliphatic heterocycles. The zero-order chi connectivity index (χ0) is 18.9. The zero-order valence-electron chi connectivity index (χ0n) is 13.3. The highest BCUT2D eigenvalue weighted by Crippen LogP contribution is 2.29. The van der Waals surface area contributed by atoms with E-state index in [1.54, 1.807) is 36.4 Å². The van der Waals surface area contributed by atoms with E-state index in [2.05, 4.69) is 9.71 Å². The standard InChI is InChI=1S/C17H14ClIN2O4S/c18-11-3-1-2-10(8-11)14(22)6-7-15(23)17-20-13-5-4-12(19)9-16(13)26(24,25)21-17/h1-5,8-9,14,22H,6-7H2,(H,20,21). The SMILES string of the molecule is O=C(CCC(O)c1cccc(Cl)c1)C1=NS(=O)(=O)c2cc(I)ccc2N1. The number of nitrogens with zero attached hydrogens (tertiary/aromatic N) is 1. The summed E-state index contributed by atoms with van der Waals surface area (Å²) < 4.78 is 28.9. The van der Waals surface area contributed by atoms with Crippen molar-refractivity contribution in [2.75, 3.05) is 5.32 Å². The van der Waals surface area contributed by atoms with Crippen molar-refractivity contribution in [3.05, 3.63) is 56.6 Å². The number of carbonyl (C=O) groups is 1. The van der Waals surface area contributed by atoms with Gasteiger partial charge < -0.3 is 10.4 Å². The fraction of sp³-hybridized carbons (Fsp3) is 0.176.